The molecule has 0 aliphatic heterocycles. The Balaban J connectivity index is 2.38. The molecule has 1 heterocycles. The Morgan fingerprint density at radius 1 is 1.47 bits per heavy atom. The van der Waals surface area contributed by atoms with E-state index in [1.54, 1.807) is 33.2 Å². The zero-order chi connectivity index (χ0) is 12.6. The number of hydrogen-bond donors (Lipinski definition) is 1. The number of carbonyl (C=O) groups excluding carboxylic acids is 1. The highest BCUT2D eigenvalue weighted by molar-refractivity contribution is 5.84. The van der Waals surface area contributed by atoms with Crippen LogP contribution in [0.25, 0.3) is 11.1 Å². The Hall–Kier alpha value is -1.88. The van der Waals surface area contributed by atoms with Gasteiger partial charge in [-0.25, -0.2) is 4.98 Å². The van der Waals surface area contributed by atoms with Gasteiger partial charge in [0.15, 0.2) is 11.5 Å². The first kappa shape index (κ1) is 11.6. The van der Waals surface area contributed by atoms with Crippen LogP contribution in [0.15, 0.2) is 22.6 Å². The third kappa shape index (κ3) is 2.14. The minimum absolute atomic E-state index is 0.138. The Bertz CT molecular complexity index is 560. The number of oxazole rings is 1. The maximum atomic E-state index is 11.7. The summed E-state index contributed by atoms with van der Waals surface area (Å²) in [4.78, 5) is 17.4. The van der Waals surface area contributed by atoms with Gasteiger partial charge < -0.3 is 15.1 Å². The molecule has 17 heavy (non-hydrogen) atoms. The highest BCUT2D eigenvalue weighted by atomic mass is 16.3. The van der Waals surface area contributed by atoms with Gasteiger partial charge in [0, 0.05) is 21.0 Å². The summed E-state index contributed by atoms with van der Waals surface area (Å²) in [7, 11) is 3.36. The smallest absolute Gasteiger partial charge is 0.243 e. The molecule has 1 unspecified atom stereocenters. The summed E-state index contributed by atoms with van der Waals surface area (Å²) < 4.78 is 5.41. The summed E-state index contributed by atoms with van der Waals surface area (Å²) in [5, 5.41) is 0. The van der Waals surface area contributed by atoms with Gasteiger partial charge in [-0.15, -0.1) is 0 Å². The van der Waals surface area contributed by atoms with E-state index < -0.39 is 6.04 Å². The number of aryl methyl sites for hydroxylation is 1. The van der Waals surface area contributed by atoms with Gasteiger partial charge in [0.1, 0.15) is 11.6 Å². The van der Waals surface area contributed by atoms with Gasteiger partial charge in [-0.3, -0.25) is 4.79 Å². The molecule has 0 aliphatic rings. The number of amides is 1. The van der Waals surface area contributed by atoms with E-state index in [4.69, 9.17) is 10.2 Å². The van der Waals surface area contributed by atoms with Crippen LogP contribution in [0.3, 0.4) is 0 Å². The van der Waals surface area contributed by atoms with Gasteiger partial charge in [0.25, 0.3) is 0 Å². The van der Waals surface area contributed by atoms with Gasteiger partial charge in [-0.1, -0.05) is 6.07 Å². The summed E-state index contributed by atoms with van der Waals surface area (Å²) >= 11 is 0. The van der Waals surface area contributed by atoms with E-state index in [2.05, 4.69) is 4.98 Å². The first-order chi connectivity index (χ1) is 7.99. The van der Waals surface area contributed by atoms with Crippen molar-refractivity contribution in [2.24, 2.45) is 5.73 Å². The van der Waals surface area contributed by atoms with E-state index >= 15 is 0 Å². The Morgan fingerprint density at radius 3 is 2.82 bits per heavy atom. The van der Waals surface area contributed by atoms with E-state index in [0.29, 0.717) is 11.5 Å². The van der Waals surface area contributed by atoms with Crippen LogP contribution in [-0.2, 0) is 4.79 Å². The first-order valence-electron chi connectivity index (χ1n) is 5.33. The number of likely N-dealkylation sites (N-methyl/N-ethyl adjacent to an activating group) is 1. The van der Waals surface area contributed by atoms with Gasteiger partial charge in [-0.05, 0) is 17.7 Å². The highest BCUT2D eigenvalue weighted by Gasteiger charge is 2.18. The van der Waals surface area contributed by atoms with Gasteiger partial charge in [0.05, 0.1) is 0 Å². The number of aromatic nitrogens is 1. The topological polar surface area (TPSA) is 72.4 Å². The maximum Gasteiger partial charge on any atom is 0.243 e. The highest BCUT2D eigenvalue weighted by Crippen LogP contribution is 2.20. The van der Waals surface area contributed by atoms with Crippen molar-refractivity contribution in [2.45, 2.75) is 13.0 Å². The molecule has 0 fully saturated rings. The van der Waals surface area contributed by atoms with E-state index in [0.717, 1.165) is 11.1 Å². The van der Waals surface area contributed by atoms with Crippen LogP contribution in [0.2, 0.25) is 0 Å². The third-order valence-corrected chi connectivity index (χ3v) is 2.59. The number of fused-ring (bicyclic) bond motifs is 1. The largest absolute Gasteiger partial charge is 0.441 e. The monoisotopic (exact) mass is 233 g/mol. The van der Waals surface area contributed by atoms with Crippen molar-refractivity contribution in [3.05, 3.63) is 29.7 Å². The van der Waals surface area contributed by atoms with Crippen molar-refractivity contribution in [1.82, 2.24) is 9.88 Å². The van der Waals surface area contributed by atoms with Crippen LogP contribution in [0.5, 0.6) is 0 Å². The second-order valence-corrected chi connectivity index (χ2v) is 4.17. The number of nitrogens with zero attached hydrogens (tertiary/aromatic N) is 2. The molecule has 0 saturated carbocycles. The molecule has 2 N–H and O–H groups in total. The van der Waals surface area contributed by atoms with Crippen LogP contribution >= 0.6 is 0 Å². The van der Waals surface area contributed by atoms with Gasteiger partial charge >= 0.3 is 0 Å². The molecule has 1 atom stereocenters. The molecule has 0 bridgehead atoms. The van der Waals surface area contributed by atoms with Gasteiger partial charge in [-0.2, -0.15) is 0 Å². The van der Waals surface area contributed by atoms with Crippen LogP contribution in [0.1, 0.15) is 17.5 Å². The molecule has 0 aliphatic carbocycles. The Labute approximate surface area is 99.2 Å². The van der Waals surface area contributed by atoms with E-state index in [-0.39, 0.29) is 5.91 Å². The second kappa shape index (κ2) is 4.18. The van der Waals surface area contributed by atoms with E-state index in [9.17, 15) is 4.79 Å². The van der Waals surface area contributed by atoms with Crippen LogP contribution in [-0.4, -0.2) is 29.9 Å². The molecular formula is C12H15N3O2. The lowest BCUT2D eigenvalue weighted by Gasteiger charge is -2.16. The Kier molecular flexibility index (Phi) is 2.85. The first-order valence-corrected chi connectivity index (χ1v) is 5.33. The van der Waals surface area contributed by atoms with Crippen molar-refractivity contribution in [2.75, 3.05) is 14.1 Å². The normalized spacial score (nSPS) is 12.7. The number of rotatable bonds is 2. The van der Waals surface area contributed by atoms with Gasteiger partial charge in [0.2, 0.25) is 5.91 Å². The maximum absolute atomic E-state index is 11.7. The molecule has 0 saturated heterocycles. The number of benzene rings is 1. The second-order valence-electron chi connectivity index (χ2n) is 4.17. The summed E-state index contributed by atoms with van der Waals surface area (Å²) in [5.41, 5.74) is 8.04. The molecule has 2 aromatic rings. The molecular weight excluding hydrogens is 218 g/mol. The molecule has 2 rings (SSSR count). The average molecular weight is 233 g/mol. The number of hydrogen-bond acceptors (Lipinski definition) is 4. The third-order valence-electron chi connectivity index (χ3n) is 2.59. The molecule has 5 nitrogen and oxygen atoms in total. The number of nitrogens with two attached hydrogens (primary N) is 1. The van der Waals surface area contributed by atoms with Crippen molar-refractivity contribution in [1.29, 1.82) is 0 Å². The minimum Gasteiger partial charge on any atom is -0.441 e. The minimum atomic E-state index is -0.667. The van der Waals surface area contributed by atoms with E-state index in [1.807, 2.05) is 6.07 Å². The van der Waals surface area contributed by atoms with Crippen LogP contribution < -0.4 is 5.73 Å². The average Bonchev–Trinajstić information content (AvgIpc) is 2.65. The SMILES string of the molecule is Cc1nc2ccc(C(N)C(=O)N(C)C)cc2o1. The molecule has 90 valence electrons. The molecule has 0 radical (unpaired) electrons. The van der Waals surface area contributed by atoms with Crippen molar-refractivity contribution >= 4 is 17.0 Å². The summed E-state index contributed by atoms with van der Waals surface area (Å²) in [6.45, 7) is 1.78. The summed E-state index contributed by atoms with van der Waals surface area (Å²) in [6, 6.07) is 4.71. The quantitative estimate of drug-likeness (QED) is 0.846. The van der Waals surface area contributed by atoms with Crippen molar-refractivity contribution in [3.63, 3.8) is 0 Å². The van der Waals surface area contributed by atoms with Crippen molar-refractivity contribution < 1.29 is 9.21 Å². The molecule has 5 heteroatoms. The lowest BCUT2D eigenvalue weighted by atomic mass is 10.1. The number of carbonyl (C=O) groups is 1. The Morgan fingerprint density at radius 2 is 2.18 bits per heavy atom. The predicted molar refractivity (Wildman–Crippen MR) is 64.4 cm³/mol. The fraction of sp³-hybridized carbons (Fsp3) is 0.333. The fourth-order valence-corrected chi connectivity index (χ4v) is 1.67. The predicted octanol–water partition coefficient (Wildman–Crippen LogP) is 1.22. The lowest BCUT2D eigenvalue weighted by molar-refractivity contribution is -0.130. The summed E-state index contributed by atoms with van der Waals surface area (Å²) in [5.74, 6) is 0.463. The fourth-order valence-electron chi connectivity index (χ4n) is 1.67. The van der Waals surface area contributed by atoms with E-state index in [1.165, 1.54) is 4.90 Å². The molecule has 1 amide bonds. The molecule has 1 aromatic heterocycles. The molecule has 0 spiro atoms. The van der Waals surface area contributed by atoms with Crippen molar-refractivity contribution in [3.8, 4) is 0 Å². The van der Waals surface area contributed by atoms with Crippen LogP contribution in [0, 0.1) is 6.92 Å². The summed E-state index contributed by atoms with van der Waals surface area (Å²) in [6.07, 6.45) is 0. The zero-order valence-corrected chi connectivity index (χ0v) is 10.1. The standard InChI is InChI=1S/C12H15N3O2/c1-7-14-9-5-4-8(6-10(9)17-7)11(13)12(16)15(2)3/h4-6,11H,13H2,1-3H3. The lowest BCUT2D eigenvalue weighted by Crippen LogP contribution is -2.33. The van der Waals surface area contributed by atoms with Crippen LogP contribution in [0.4, 0.5) is 0 Å². The zero-order valence-electron chi connectivity index (χ0n) is 10.1. The molecule has 1 aromatic carbocycles.